The Balaban J connectivity index is 1.23. The lowest BCUT2D eigenvalue weighted by Gasteiger charge is -2.35. The van der Waals surface area contributed by atoms with E-state index in [0.29, 0.717) is 0 Å². The van der Waals surface area contributed by atoms with E-state index in [1.165, 1.54) is 116 Å². The first-order valence-corrected chi connectivity index (χ1v) is 27.8. The van der Waals surface area contributed by atoms with E-state index in [0.717, 1.165) is 19.3 Å². The molecule has 2 nitrogen and oxygen atoms in total. The first kappa shape index (κ1) is 50.7. The summed E-state index contributed by atoms with van der Waals surface area (Å²) in [6.07, 6.45) is 12.8. The molecule has 2 heteroatoms. The lowest BCUT2D eigenvalue weighted by atomic mass is 9.81. The molecule has 0 bridgehead atoms. The summed E-state index contributed by atoms with van der Waals surface area (Å²) in [4.78, 5) is 5.14. The molecular weight excluding hydrogens is 917 g/mol. The second kappa shape index (κ2) is 19.3. The van der Waals surface area contributed by atoms with E-state index in [-0.39, 0.29) is 27.7 Å². The normalized spacial score (nSPS) is 15.2. The van der Waals surface area contributed by atoms with Crippen LogP contribution in [0, 0.1) is 5.41 Å². The van der Waals surface area contributed by atoms with Crippen molar-refractivity contribution in [2.24, 2.45) is 5.41 Å². The molecule has 0 amide bonds. The number of hydrogen-bond acceptors (Lipinski definition) is 2. The Labute approximate surface area is 453 Å². The Morgan fingerprint density at radius 2 is 0.842 bits per heavy atom. The van der Waals surface area contributed by atoms with Crippen LogP contribution in [0.15, 0.2) is 199 Å². The fourth-order valence-corrected chi connectivity index (χ4v) is 12.0. The lowest BCUT2D eigenvalue weighted by molar-refractivity contribution is 0.479. The first-order valence-electron chi connectivity index (χ1n) is 27.8. The number of rotatable bonds is 8. The highest BCUT2D eigenvalue weighted by Crippen LogP contribution is 2.44. The summed E-state index contributed by atoms with van der Waals surface area (Å²) in [5.74, 6) is 0. The molecule has 0 N–H and O–H groups in total. The van der Waals surface area contributed by atoms with Crippen LogP contribution in [0.1, 0.15) is 119 Å². The van der Waals surface area contributed by atoms with Gasteiger partial charge in [0.15, 0.2) is 0 Å². The molecule has 76 heavy (non-hydrogen) atoms. The van der Waals surface area contributed by atoms with Crippen molar-refractivity contribution in [1.82, 2.24) is 0 Å². The summed E-state index contributed by atoms with van der Waals surface area (Å²) in [6, 6.07) is 67.2. The first-order chi connectivity index (χ1) is 36.2. The van der Waals surface area contributed by atoms with E-state index in [1.807, 2.05) is 0 Å². The number of anilines is 4. The van der Waals surface area contributed by atoms with E-state index in [2.05, 4.69) is 293 Å². The van der Waals surface area contributed by atoms with Gasteiger partial charge in [-0.1, -0.05) is 234 Å². The molecule has 0 aliphatic heterocycles. The highest BCUT2D eigenvalue weighted by Gasteiger charge is 2.29. The molecule has 11 rings (SSSR count). The van der Waals surface area contributed by atoms with Crippen molar-refractivity contribution in [1.29, 1.82) is 0 Å². The number of allylic oxidation sites excluding steroid dienone is 4. The van der Waals surface area contributed by atoms with Crippen molar-refractivity contribution in [3.8, 4) is 22.3 Å². The standard InChI is InChI=1S/C74H76N2/c1-71(2,3)51-27-35-55(36-28-51)75(56-37-29-52(30-38-56)72(4,5)6)59-43-45-65-67(47-59)69(63-25-17-21-49-19-13-15-23-61(49)63)66-46-44-60(48-68(66)70(65)64-26-18-22-50-20-14-16-24-62(50)64)76(57-39-31-53(32-40-57)73(7,8)9)58-41-33-54(34-42-58)74(10,11)12/h13-33,35-41,44-48,59H,34,42-43H2,1-12H3. The molecule has 2 aliphatic carbocycles. The average Bonchev–Trinajstić information content (AvgIpc) is 3.42. The zero-order chi connectivity index (χ0) is 53.3. The van der Waals surface area contributed by atoms with Crippen molar-refractivity contribution < 1.29 is 0 Å². The third-order valence-electron chi connectivity index (χ3n) is 16.4. The minimum Gasteiger partial charge on any atom is -0.334 e. The zero-order valence-corrected chi connectivity index (χ0v) is 47.1. The Morgan fingerprint density at radius 3 is 1.32 bits per heavy atom. The van der Waals surface area contributed by atoms with Gasteiger partial charge in [-0.3, -0.25) is 0 Å². The molecule has 9 aromatic carbocycles. The third-order valence-corrected chi connectivity index (χ3v) is 16.4. The van der Waals surface area contributed by atoms with Crippen molar-refractivity contribution >= 4 is 67.2 Å². The molecule has 0 heterocycles. The molecule has 1 unspecified atom stereocenters. The van der Waals surface area contributed by atoms with Crippen LogP contribution < -0.4 is 20.2 Å². The third kappa shape index (κ3) is 9.61. The topological polar surface area (TPSA) is 6.48 Å². The average molecular weight is 993 g/mol. The summed E-state index contributed by atoms with van der Waals surface area (Å²) in [5.41, 5.74) is 16.9. The van der Waals surface area contributed by atoms with E-state index in [4.69, 9.17) is 0 Å². The van der Waals surface area contributed by atoms with E-state index < -0.39 is 0 Å². The predicted octanol–water partition coefficient (Wildman–Crippen LogP) is 19.3. The van der Waals surface area contributed by atoms with E-state index >= 15 is 0 Å². The minimum atomic E-state index is 0.0233. The SMILES string of the molecule is CC(C)(C)C1=CC=C(N(c2ccc(C(C)(C)C)cc2)c2ccc3c(-c4cccc5ccccc45)c4c(c(-c5cccc6ccccc56)c3c2)=CCC(N(c2ccc(C(C)(C)C)cc2)c2ccc(C(C)(C)C)cc2)C=4)CC1. The van der Waals surface area contributed by atoms with Gasteiger partial charge in [0.2, 0.25) is 0 Å². The fraction of sp³-hybridized carbons (Fsp3) is 0.270. The summed E-state index contributed by atoms with van der Waals surface area (Å²) in [5, 5.41) is 10.1. The molecule has 2 aliphatic rings. The molecule has 0 fully saturated rings. The van der Waals surface area contributed by atoms with Gasteiger partial charge >= 0.3 is 0 Å². The number of hydrogen-bond donors (Lipinski definition) is 0. The van der Waals surface area contributed by atoms with Crippen LogP contribution in [0.4, 0.5) is 22.7 Å². The molecular formula is C74H76N2. The van der Waals surface area contributed by atoms with Crippen molar-refractivity contribution in [3.63, 3.8) is 0 Å². The largest absolute Gasteiger partial charge is 0.334 e. The molecule has 382 valence electrons. The highest BCUT2D eigenvalue weighted by atomic mass is 15.2. The highest BCUT2D eigenvalue weighted by molar-refractivity contribution is 6.14. The van der Waals surface area contributed by atoms with Crippen molar-refractivity contribution in [2.45, 2.75) is 125 Å². The van der Waals surface area contributed by atoms with Crippen LogP contribution >= 0.6 is 0 Å². The van der Waals surface area contributed by atoms with Gasteiger partial charge in [0.1, 0.15) is 0 Å². The molecule has 0 aromatic heterocycles. The van der Waals surface area contributed by atoms with Gasteiger partial charge in [0.05, 0.1) is 6.04 Å². The van der Waals surface area contributed by atoms with Gasteiger partial charge in [0, 0.05) is 28.4 Å². The van der Waals surface area contributed by atoms with Crippen LogP contribution in [-0.4, -0.2) is 6.04 Å². The molecule has 0 saturated carbocycles. The summed E-state index contributed by atoms with van der Waals surface area (Å²) in [7, 11) is 0. The second-order valence-electron chi connectivity index (χ2n) is 25.7. The van der Waals surface area contributed by atoms with Crippen LogP contribution in [0.25, 0.3) is 66.7 Å². The number of nitrogens with zero attached hydrogens (tertiary/aromatic N) is 2. The number of benzene rings is 9. The maximum absolute atomic E-state index is 2.62. The Morgan fingerprint density at radius 1 is 0.382 bits per heavy atom. The Hall–Kier alpha value is -7.42. The van der Waals surface area contributed by atoms with Gasteiger partial charge in [-0.2, -0.15) is 0 Å². The smallest absolute Gasteiger partial charge is 0.0566 e. The van der Waals surface area contributed by atoms with Gasteiger partial charge in [0.25, 0.3) is 0 Å². The summed E-state index contributed by atoms with van der Waals surface area (Å²) < 4.78 is 0. The Kier molecular flexibility index (Phi) is 12.9. The fourth-order valence-electron chi connectivity index (χ4n) is 12.0. The van der Waals surface area contributed by atoms with Crippen molar-refractivity contribution in [2.75, 3.05) is 9.80 Å². The molecule has 0 spiro atoms. The lowest BCUT2D eigenvalue weighted by Crippen LogP contribution is -2.40. The number of fused-ring (bicyclic) bond motifs is 4. The van der Waals surface area contributed by atoms with Gasteiger partial charge in [-0.05, 0) is 177 Å². The van der Waals surface area contributed by atoms with Crippen LogP contribution in [0.2, 0.25) is 0 Å². The van der Waals surface area contributed by atoms with Gasteiger partial charge in [-0.15, -0.1) is 0 Å². The monoisotopic (exact) mass is 993 g/mol. The van der Waals surface area contributed by atoms with Gasteiger partial charge < -0.3 is 9.80 Å². The van der Waals surface area contributed by atoms with Crippen LogP contribution in [-0.2, 0) is 16.2 Å². The molecule has 9 aromatic rings. The minimum absolute atomic E-state index is 0.0233. The summed E-state index contributed by atoms with van der Waals surface area (Å²) in [6.45, 7) is 27.7. The molecule has 0 saturated heterocycles. The summed E-state index contributed by atoms with van der Waals surface area (Å²) >= 11 is 0. The van der Waals surface area contributed by atoms with Gasteiger partial charge in [-0.25, -0.2) is 0 Å². The Bertz CT molecular complexity index is 3790. The predicted molar refractivity (Wildman–Crippen MR) is 331 cm³/mol. The van der Waals surface area contributed by atoms with E-state index in [1.54, 1.807) is 0 Å². The van der Waals surface area contributed by atoms with Crippen LogP contribution in [0.5, 0.6) is 0 Å². The quantitative estimate of drug-likeness (QED) is 0.150. The molecule has 1 atom stereocenters. The van der Waals surface area contributed by atoms with E-state index in [9.17, 15) is 0 Å². The van der Waals surface area contributed by atoms with Crippen molar-refractivity contribution in [3.05, 3.63) is 226 Å². The van der Waals surface area contributed by atoms with Crippen LogP contribution in [0.3, 0.4) is 0 Å². The maximum Gasteiger partial charge on any atom is 0.0566 e. The zero-order valence-electron chi connectivity index (χ0n) is 47.1. The molecule has 0 radical (unpaired) electrons. The second-order valence-corrected chi connectivity index (χ2v) is 25.7. The maximum atomic E-state index is 2.62.